The number of hydrogen-bond donors (Lipinski definition) is 0. The number of halogens is 1. The molecule has 0 saturated carbocycles. The zero-order valence-electron chi connectivity index (χ0n) is 15.0. The van der Waals surface area contributed by atoms with E-state index in [1.807, 2.05) is 48.2 Å². The van der Waals surface area contributed by atoms with Crippen LogP contribution in [0.25, 0.3) is 11.3 Å². The Hall–Kier alpha value is -1.72. The summed E-state index contributed by atoms with van der Waals surface area (Å²) >= 11 is 3.49. The third-order valence-corrected chi connectivity index (χ3v) is 5.41. The molecule has 0 unspecified atom stereocenters. The summed E-state index contributed by atoms with van der Waals surface area (Å²) in [6.07, 6.45) is 2.06. The molecule has 1 aromatic carbocycles. The van der Waals surface area contributed by atoms with E-state index >= 15 is 0 Å². The lowest BCUT2D eigenvalue weighted by atomic mass is 10.0. The van der Waals surface area contributed by atoms with Crippen molar-refractivity contribution in [2.45, 2.75) is 25.8 Å². The van der Waals surface area contributed by atoms with Crippen molar-refractivity contribution in [1.82, 2.24) is 14.8 Å². The van der Waals surface area contributed by atoms with Gasteiger partial charge in [0, 0.05) is 29.2 Å². The van der Waals surface area contributed by atoms with E-state index in [0.717, 1.165) is 47.4 Å². The third kappa shape index (κ3) is 4.10. The van der Waals surface area contributed by atoms with Crippen molar-refractivity contribution in [2.75, 3.05) is 27.2 Å². The van der Waals surface area contributed by atoms with Crippen molar-refractivity contribution < 1.29 is 4.79 Å². The molecular formula is C20H24BrN3O. The van der Waals surface area contributed by atoms with Crippen molar-refractivity contribution in [3.8, 4) is 11.3 Å². The molecule has 132 valence electrons. The van der Waals surface area contributed by atoms with Crippen molar-refractivity contribution in [1.29, 1.82) is 0 Å². The van der Waals surface area contributed by atoms with Crippen LogP contribution < -0.4 is 0 Å². The fourth-order valence-electron chi connectivity index (χ4n) is 3.35. The summed E-state index contributed by atoms with van der Waals surface area (Å²) in [5, 5.41) is 0. The van der Waals surface area contributed by atoms with Gasteiger partial charge in [-0.3, -0.25) is 9.78 Å². The topological polar surface area (TPSA) is 36.4 Å². The lowest BCUT2D eigenvalue weighted by Gasteiger charge is -2.35. The Labute approximate surface area is 158 Å². The predicted molar refractivity (Wildman–Crippen MR) is 105 cm³/mol. The monoisotopic (exact) mass is 401 g/mol. The molecule has 0 bridgehead atoms. The number of hydrogen-bond acceptors (Lipinski definition) is 3. The van der Waals surface area contributed by atoms with Gasteiger partial charge in [0.05, 0.1) is 17.0 Å². The highest BCUT2D eigenvalue weighted by molar-refractivity contribution is 9.10. The Morgan fingerprint density at radius 2 is 1.92 bits per heavy atom. The maximum Gasteiger partial charge on any atom is 0.255 e. The summed E-state index contributed by atoms with van der Waals surface area (Å²) in [4.78, 5) is 21.7. The lowest BCUT2D eigenvalue weighted by molar-refractivity contribution is 0.0662. The molecule has 2 heterocycles. The lowest BCUT2D eigenvalue weighted by Crippen LogP contribution is -2.44. The van der Waals surface area contributed by atoms with Crippen LogP contribution in [0.15, 0.2) is 40.9 Å². The predicted octanol–water partition coefficient (Wildman–Crippen LogP) is 3.99. The summed E-state index contributed by atoms with van der Waals surface area (Å²) in [7, 11) is 4.22. The second-order valence-electron chi connectivity index (χ2n) is 6.83. The number of rotatable bonds is 3. The molecule has 0 spiro atoms. The average Bonchev–Trinajstić information content (AvgIpc) is 2.61. The molecule has 1 aliphatic heterocycles. The number of amides is 1. The molecule has 1 saturated heterocycles. The molecule has 2 aromatic rings. The van der Waals surface area contributed by atoms with E-state index in [2.05, 4.69) is 39.9 Å². The van der Waals surface area contributed by atoms with Crippen molar-refractivity contribution in [3.63, 3.8) is 0 Å². The van der Waals surface area contributed by atoms with Gasteiger partial charge in [-0.1, -0.05) is 28.1 Å². The SMILES string of the molecule is Cc1nc(-c2cccc(Br)c2)ccc1C(=O)N1CCC(N(C)C)CC1. The number of nitrogens with zero attached hydrogens (tertiary/aromatic N) is 3. The van der Waals surface area contributed by atoms with Crippen LogP contribution in [0.3, 0.4) is 0 Å². The highest BCUT2D eigenvalue weighted by Crippen LogP contribution is 2.24. The van der Waals surface area contributed by atoms with Gasteiger partial charge in [0.25, 0.3) is 5.91 Å². The molecule has 1 amide bonds. The average molecular weight is 402 g/mol. The number of piperidine rings is 1. The molecule has 1 aliphatic rings. The minimum absolute atomic E-state index is 0.1000. The normalized spacial score (nSPS) is 15.6. The molecule has 1 aromatic heterocycles. The van der Waals surface area contributed by atoms with Crippen LogP contribution >= 0.6 is 15.9 Å². The van der Waals surface area contributed by atoms with Crippen LogP contribution in [-0.4, -0.2) is 53.9 Å². The highest BCUT2D eigenvalue weighted by Gasteiger charge is 2.25. The summed E-state index contributed by atoms with van der Waals surface area (Å²) in [5.41, 5.74) is 3.43. The first kappa shape index (κ1) is 18.1. The number of carbonyl (C=O) groups excluding carboxylic acids is 1. The van der Waals surface area contributed by atoms with Gasteiger partial charge in [-0.15, -0.1) is 0 Å². The van der Waals surface area contributed by atoms with E-state index in [1.165, 1.54) is 0 Å². The van der Waals surface area contributed by atoms with Gasteiger partial charge < -0.3 is 9.80 Å². The van der Waals surface area contributed by atoms with Crippen molar-refractivity contribution >= 4 is 21.8 Å². The van der Waals surface area contributed by atoms with Gasteiger partial charge in [0.1, 0.15) is 0 Å². The third-order valence-electron chi connectivity index (χ3n) is 4.92. The number of carbonyl (C=O) groups is 1. The zero-order chi connectivity index (χ0) is 18.0. The van der Waals surface area contributed by atoms with E-state index in [0.29, 0.717) is 11.6 Å². The van der Waals surface area contributed by atoms with Gasteiger partial charge in [0.15, 0.2) is 0 Å². The first-order chi connectivity index (χ1) is 12.0. The molecule has 1 fully saturated rings. The minimum atomic E-state index is 0.1000. The fourth-order valence-corrected chi connectivity index (χ4v) is 3.75. The van der Waals surface area contributed by atoms with Crippen LogP contribution in [0.4, 0.5) is 0 Å². The standard InChI is InChI=1S/C20H24BrN3O/c1-14-18(20(25)24-11-9-17(10-12-24)23(2)3)7-8-19(22-14)15-5-4-6-16(21)13-15/h4-8,13,17H,9-12H2,1-3H3. The smallest absolute Gasteiger partial charge is 0.255 e. The Morgan fingerprint density at radius 3 is 2.52 bits per heavy atom. The summed E-state index contributed by atoms with van der Waals surface area (Å²) in [5.74, 6) is 0.1000. The van der Waals surface area contributed by atoms with Gasteiger partial charge in [-0.25, -0.2) is 0 Å². The summed E-state index contributed by atoms with van der Waals surface area (Å²) in [6.45, 7) is 3.55. The molecule has 0 N–H and O–H groups in total. The fraction of sp³-hybridized carbons (Fsp3) is 0.400. The number of pyridine rings is 1. The van der Waals surface area contributed by atoms with E-state index in [9.17, 15) is 4.79 Å². The van der Waals surface area contributed by atoms with Crippen LogP contribution in [0, 0.1) is 6.92 Å². The number of likely N-dealkylation sites (tertiary alicyclic amines) is 1. The van der Waals surface area contributed by atoms with Crippen LogP contribution in [0.2, 0.25) is 0 Å². The first-order valence-corrected chi connectivity index (χ1v) is 9.44. The first-order valence-electron chi connectivity index (χ1n) is 8.65. The largest absolute Gasteiger partial charge is 0.338 e. The Morgan fingerprint density at radius 1 is 1.20 bits per heavy atom. The second-order valence-corrected chi connectivity index (χ2v) is 7.74. The van der Waals surface area contributed by atoms with Crippen LogP contribution in [0.5, 0.6) is 0 Å². The van der Waals surface area contributed by atoms with E-state index in [1.54, 1.807) is 0 Å². The quantitative estimate of drug-likeness (QED) is 0.779. The van der Waals surface area contributed by atoms with Crippen LogP contribution in [0.1, 0.15) is 28.9 Å². The molecule has 0 radical (unpaired) electrons. The molecule has 4 nitrogen and oxygen atoms in total. The maximum atomic E-state index is 12.9. The Kier molecular flexibility index (Phi) is 5.54. The van der Waals surface area contributed by atoms with E-state index in [-0.39, 0.29) is 5.91 Å². The highest BCUT2D eigenvalue weighted by atomic mass is 79.9. The zero-order valence-corrected chi connectivity index (χ0v) is 16.6. The molecule has 5 heteroatoms. The number of aromatic nitrogens is 1. The molecule has 25 heavy (non-hydrogen) atoms. The molecule has 3 rings (SSSR count). The van der Waals surface area contributed by atoms with E-state index in [4.69, 9.17) is 0 Å². The van der Waals surface area contributed by atoms with Gasteiger partial charge >= 0.3 is 0 Å². The van der Waals surface area contributed by atoms with Crippen molar-refractivity contribution in [3.05, 3.63) is 52.1 Å². The Balaban J connectivity index is 1.76. The van der Waals surface area contributed by atoms with Crippen LogP contribution in [-0.2, 0) is 0 Å². The number of aryl methyl sites for hydroxylation is 1. The Bertz CT molecular complexity index is 767. The van der Waals surface area contributed by atoms with Crippen molar-refractivity contribution in [2.24, 2.45) is 0 Å². The number of benzene rings is 1. The van der Waals surface area contributed by atoms with Gasteiger partial charge in [0.2, 0.25) is 0 Å². The second kappa shape index (κ2) is 7.67. The summed E-state index contributed by atoms with van der Waals surface area (Å²) < 4.78 is 1.02. The summed E-state index contributed by atoms with van der Waals surface area (Å²) in [6, 6.07) is 12.5. The van der Waals surface area contributed by atoms with Gasteiger partial charge in [-0.2, -0.15) is 0 Å². The molecule has 0 aliphatic carbocycles. The minimum Gasteiger partial charge on any atom is -0.338 e. The van der Waals surface area contributed by atoms with Gasteiger partial charge in [-0.05, 0) is 58.1 Å². The molecular weight excluding hydrogens is 378 g/mol. The molecule has 0 atom stereocenters. The maximum absolute atomic E-state index is 12.9. The van der Waals surface area contributed by atoms with E-state index < -0.39 is 0 Å².